The summed E-state index contributed by atoms with van der Waals surface area (Å²) in [5.74, 6) is 0.341. The van der Waals surface area contributed by atoms with Gasteiger partial charge in [-0.15, -0.1) is 0 Å². The molecule has 1 heterocycles. The van der Waals surface area contributed by atoms with E-state index in [2.05, 4.69) is 4.98 Å². The summed E-state index contributed by atoms with van der Waals surface area (Å²) in [5, 5.41) is 20.1. The second kappa shape index (κ2) is 6.90. The van der Waals surface area contributed by atoms with Gasteiger partial charge in [-0.3, -0.25) is 10.1 Å². The van der Waals surface area contributed by atoms with Crippen LogP contribution in [-0.4, -0.2) is 34.7 Å². The minimum Gasteiger partial charge on any atom is -0.395 e. The second-order valence-electron chi connectivity index (χ2n) is 4.18. The molecule has 6 heteroatoms. The molecule has 0 aliphatic carbocycles. The van der Waals surface area contributed by atoms with Gasteiger partial charge in [0.25, 0.3) is 0 Å². The Morgan fingerprint density at radius 1 is 1.50 bits per heavy atom. The Kier molecular flexibility index (Phi) is 5.51. The Balaban J connectivity index is 3.05. The monoisotopic (exact) mass is 253 g/mol. The SMILES string of the molecule is CCCCN(CCO)c1ncc(C)cc1[N+](=O)[O-]. The van der Waals surface area contributed by atoms with Crippen molar-refractivity contribution in [2.24, 2.45) is 0 Å². The summed E-state index contributed by atoms with van der Waals surface area (Å²) >= 11 is 0. The van der Waals surface area contributed by atoms with Crippen molar-refractivity contribution in [2.45, 2.75) is 26.7 Å². The number of nitrogens with zero attached hydrogens (tertiary/aromatic N) is 3. The summed E-state index contributed by atoms with van der Waals surface area (Å²) in [4.78, 5) is 16.5. The Morgan fingerprint density at radius 2 is 2.22 bits per heavy atom. The van der Waals surface area contributed by atoms with Crippen LogP contribution in [0.15, 0.2) is 12.3 Å². The number of aliphatic hydroxyl groups is 1. The molecule has 0 amide bonds. The van der Waals surface area contributed by atoms with E-state index in [9.17, 15) is 10.1 Å². The van der Waals surface area contributed by atoms with E-state index < -0.39 is 4.92 Å². The number of nitro groups is 1. The number of aliphatic hydroxyl groups excluding tert-OH is 1. The van der Waals surface area contributed by atoms with Gasteiger partial charge in [-0.25, -0.2) is 4.98 Å². The number of anilines is 1. The average Bonchev–Trinajstić information content (AvgIpc) is 2.34. The van der Waals surface area contributed by atoms with E-state index in [4.69, 9.17) is 5.11 Å². The standard InChI is InChI=1S/C12H19N3O3/c1-3-4-5-14(6-7-16)12-11(15(17)18)8-10(2)9-13-12/h8-9,16H,3-7H2,1-2H3. The molecule has 0 fully saturated rings. The highest BCUT2D eigenvalue weighted by Gasteiger charge is 2.20. The van der Waals surface area contributed by atoms with Gasteiger partial charge >= 0.3 is 5.69 Å². The molecular formula is C12H19N3O3. The summed E-state index contributed by atoms with van der Waals surface area (Å²) < 4.78 is 0. The van der Waals surface area contributed by atoms with Crippen molar-refractivity contribution in [3.63, 3.8) is 0 Å². The molecule has 0 aromatic carbocycles. The molecule has 0 spiro atoms. The maximum atomic E-state index is 11.0. The first-order chi connectivity index (χ1) is 8.60. The molecule has 0 aliphatic rings. The van der Waals surface area contributed by atoms with Crippen LogP contribution >= 0.6 is 0 Å². The molecule has 1 aromatic heterocycles. The highest BCUT2D eigenvalue weighted by molar-refractivity contribution is 5.58. The molecular weight excluding hydrogens is 234 g/mol. The molecule has 0 bridgehead atoms. The van der Waals surface area contributed by atoms with Crippen LogP contribution < -0.4 is 4.90 Å². The van der Waals surface area contributed by atoms with Gasteiger partial charge in [-0.1, -0.05) is 13.3 Å². The van der Waals surface area contributed by atoms with Gasteiger partial charge in [0.1, 0.15) is 0 Å². The van der Waals surface area contributed by atoms with Crippen molar-refractivity contribution < 1.29 is 10.0 Å². The van der Waals surface area contributed by atoms with E-state index in [1.807, 2.05) is 6.92 Å². The zero-order valence-corrected chi connectivity index (χ0v) is 10.8. The first-order valence-electron chi connectivity index (χ1n) is 6.07. The Labute approximate surface area is 106 Å². The lowest BCUT2D eigenvalue weighted by atomic mass is 10.2. The maximum Gasteiger partial charge on any atom is 0.311 e. The van der Waals surface area contributed by atoms with Crippen molar-refractivity contribution >= 4 is 11.5 Å². The molecule has 1 N–H and O–H groups in total. The summed E-state index contributed by atoms with van der Waals surface area (Å²) in [6.07, 6.45) is 3.51. The average molecular weight is 253 g/mol. The summed E-state index contributed by atoms with van der Waals surface area (Å²) in [5.41, 5.74) is 0.754. The molecule has 0 aliphatic heterocycles. The number of unbranched alkanes of at least 4 members (excludes halogenated alkanes) is 1. The first kappa shape index (κ1) is 14.4. The fourth-order valence-electron chi connectivity index (χ4n) is 1.72. The lowest BCUT2D eigenvalue weighted by Gasteiger charge is -2.22. The minimum atomic E-state index is -0.425. The largest absolute Gasteiger partial charge is 0.395 e. The molecule has 0 saturated carbocycles. The third-order valence-corrected chi connectivity index (χ3v) is 2.63. The first-order valence-corrected chi connectivity index (χ1v) is 6.07. The molecule has 18 heavy (non-hydrogen) atoms. The van der Waals surface area contributed by atoms with E-state index >= 15 is 0 Å². The molecule has 0 saturated heterocycles. The lowest BCUT2D eigenvalue weighted by molar-refractivity contribution is -0.384. The van der Waals surface area contributed by atoms with Crippen molar-refractivity contribution in [2.75, 3.05) is 24.6 Å². The van der Waals surface area contributed by atoms with Gasteiger partial charge in [0, 0.05) is 25.4 Å². The Morgan fingerprint density at radius 3 is 2.78 bits per heavy atom. The molecule has 0 atom stereocenters. The molecule has 100 valence electrons. The molecule has 0 radical (unpaired) electrons. The highest BCUT2D eigenvalue weighted by Crippen LogP contribution is 2.26. The van der Waals surface area contributed by atoms with Gasteiger partial charge in [0.05, 0.1) is 11.5 Å². The van der Waals surface area contributed by atoms with Gasteiger partial charge < -0.3 is 10.0 Å². The zero-order chi connectivity index (χ0) is 13.5. The summed E-state index contributed by atoms with van der Waals surface area (Å²) in [6, 6.07) is 1.51. The van der Waals surface area contributed by atoms with Gasteiger partial charge in [-0.05, 0) is 18.9 Å². The van der Waals surface area contributed by atoms with Crippen LogP contribution in [0.3, 0.4) is 0 Å². The molecule has 0 unspecified atom stereocenters. The number of rotatable bonds is 7. The van der Waals surface area contributed by atoms with Crippen LogP contribution in [0.25, 0.3) is 0 Å². The quantitative estimate of drug-likeness (QED) is 0.593. The molecule has 1 rings (SSSR count). The smallest absolute Gasteiger partial charge is 0.311 e. The Bertz CT molecular complexity index is 410. The predicted molar refractivity (Wildman–Crippen MR) is 69.8 cm³/mol. The van der Waals surface area contributed by atoms with E-state index in [0.29, 0.717) is 18.9 Å². The summed E-state index contributed by atoms with van der Waals surface area (Å²) in [6.45, 7) is 4.79. The zero-order valence-electron chi connectivity index (χ0n) is 10.8. The number of aromatic nitrogens is 1. The van der Waals surface area contributed by atoms with Gasteiger partial charge in [0.15, 0.2) is 0 Å². The van der Waals surface area contributed by atoms with Crippen LogP contribution in [-0.2, 0) is 0 Å². The van der Waals surface area contributed by atoms with E-state index in [-0.39, 0.29) is 12.3 Å². The van der Waals surface area contributed by atoms with Crippen molar-refractivity contribution in [3.8, 4) is 0 Å². The van der Waals surface area contributed by atoms with Crippen LogP contribution in [0.2, 0.25) is 0 Å². The number of pyridine rings is 1. The molecule has 6 nitrogen and oxygen atoms in total. The van der Waals surface area contributed by atoms with Gasteiger partial charge in [-0.2, -0.15) is 0 Å². The third kappa shape index (κ3) is 3.66. The fraction of sp³-hybridized carbons (Fsp3) is 0.583. The summed E-state index contributed by atoms with van der Waals surface area (Å²) in [7, 11) is 0. The second-order valence-corrected chi connectivity index (χ2v) is 4.18. The van der Waals surface area contributed by atoms with Crippen LogP contribution in [0.4, 0.5) is 11.5 Å². The van der Waals surface area contributed by atoms with E-state index in [0.717, 1.165) is 18.4 Å². The van der Waals surface area contributed by atoms with Crippen molar-refractivity contribution in [1.29, 1.82) is 0 Å². The maximum absolute atomic E-state index is 11.0. The topological polar surface area (TPSA) is 79.5 Å². The number of hydrogen-bond acceptors (Lipinski definition) is 5. The normalized spacial score (nSPS) is 10.4. The van der Waals surface area contributed by atoms with Crippen LogP contribution in [0.5, 0.6) is 0 Å². The van der Waals surface area contributed by atoms with E-state index in [1.54, 1.807) is 18.0 Å². The number of hydrogen-bond donors (Lipinski definition) is 1. The number of aryl methyl sites for hydroxylation is 1. The van der Waals surface area contributed by atoms with Crippen molar-refractivity contribution in [3.05, 3.63) is 27.9 Å². The minimum absolute atomic E-state index is 0.000414. The van der Waals surface area contributed by atoms with Crippen molar-refractivity contribution in [1.82, 2.24) is 4.98 Å². The van der Waals surface area contributed by atoms with E-state index in [1.165, 1.54) is 6.07 Å². The lowest BCUT2D eigenvalue weighted by Crippen LogP contribution is -2.29. The predicted octanol–water partition coefficient (Wildman–Crippen LogP) is 1.90. The fourth-order valence-corrected chi connectivity index (χ4v) is 1.72. The highest BCUT2D eigenvalue weighted by atomic mass is 16.6. The molecule has 1 aromatic rings. The van der Waals surface area contributed by atoms with Crippen LogP contribution in [0, 0.1) is 17.0 Å². The third-order valence-electron chi connectivity index (χ3n) is 2.63. The van der Waals surface area contributed by atoms with Gasteiger partial charge in [0.2, 0.25) is 5.82 Å². The van der Waals surface area contributed by atoms with Crippen LogP contribution in [0.1, 0.15) is 25.3 Å². The Hall–Kier alpha value is -1.69.